The van der Waals surface area contributed by atoms with Crippen molar-refractivity contribution < 1.29 is 68.3 Å². The topological polar surface area (TPSA) is 352 Å². The molecule has 274 valence electrons. The molecule has 0 aromatic rings. The smallest absolute Gasteiger partial charge is 0.389 e. The highest BCUT2D eigenvalue weighted by atomic mass is 32.2. The molecule has 0 aromatic carbocycles. The number of aliphatic hydroxyl groups excluding tert-OH is 5. The number of amides is 3. The lowest BCUT2D eigenvalue weighted by atomic mass is 9.84. The number of nitrogens with two attached hydrogens (primary N) is 3. The molecular formula is C25H49N6O14PS. The number of ether oxygens (including phenoxy) is 2. The minimum Gasteiger partial charge on any atom is -0.389 e. The zero-order valence-electron chi connectivity index (χ0n) is 26.1. The summed E-state index contributed by atoms with van der Waals surface area (Å²) < 4.78 is 26.6. The van der Waals surface area contributed by atoms with Crippen molar-refractivity contribution in [3.8, 4) is 0 Å². The molecule has 0 unspecified atom stereocenters. The van der Waals surface area contributed by atoms with E-state index in [0.717, 1.165) is 0 Å². The van der Waals surface area contributed by atoms with Gasteiger partial charge in [0.25, 0.3) is 0 Å². The van der Waals surface area contributed by atoms with E-state index < -0.39 is 105 Å². The van der Waals surface area contributed by atoms with Crippen molar-refractivity contribution in [3.05, 3.63) is 0 Å². The van der Waals surface area contributed by atoms with Gasteiger partial charge in [-0.05, 0) is 6.42 Å². The highest BCUT2D eigenvalue weighted by Crippen LogP contribution is 2.38. The number of hydrogen-bond acceptors (Lipinski definition) is 16. The molecule has 0 spiro atoms. The van der Waals surface area contributed by atoms with Crippen LogP contribution in [0.25, 0.3) is 0 Å². The lowest BCUT2D eigenvalue weighted by Crippen LogP contribution is -2.67. The number of nitrogens with one attached hydrogen (secondary N) is 3. The molecule has 2 rings (SSSR count). The van der Waals surface area contributed by atoms with E-state index in [0.29, 0.717) is 5.75 Å². The second-order valence-corrected chi connectivity index (χ2v) is 14.5. The van der Waals surface area contributed by atoms with E-state index in [2.05, 4.69) is 20.5 Å². The van der Waals surface area contributed by atoms with Crippen LogP contribution in [0.5, 0.6) is 0 Å². The van der Waals surface area contributed by atoms with Gasteiger partial charge in [-0.3, -0.25) is 18.9 Å². The molecule has 20 nitrogen and oxygen atoms in total. The first-order valence-electron chi connectivity index (χ1n) is 14.8. The summed E-state index contributed by atoms with van der Waals surface area (Å²) in [5.41, 5.74) is 16.4. The third-order valence-corrected chi connectivity index (χ3v) is 9.10. The van der Waals surface area contributed by atoms with E-state index in [-0.39, 0.29) is 38.2 Å². The van der Waals surface area contributed by atoms with Gasteiger partial charge in [-0.2, -0.15) is 11.8 Å². The Bertz CT molecular complexity index is 1090. The van der Waals surface area contributed by atoms with E-state index in [1.54, 1.807) is 0 Å². The molecular weight excluding hydrogens is 671 g/mol. The Hall–Kier alpha value is -1.53. The first-order valence-corrected chi connectivity index (χ1v) is 17.5. The molecule has 0 bridgehead atoms. The molecule has 2 fully saturated rings. The molecule has 16 N–H and O–H groups in total. The number of thioether (sulfide) groups is 1. The molecule has 3 amide bonds. The number of phosphoric acid groups is 1. The van der Waals surface area contributed by atoms with Crippen LogP contribution in [0.2, 0.25) is 0 Å². The van der Waals surface area contributed by atoms with Crippen LogP contribution in [0, 0.1) is 5.41 Å². The fraction of sp³-hybridized carbons (Fsp3) is 0.880. The van der Waals surface area contributed by atoms with E-state index in [4.69, 9.17) is 36.5 Å². The van der Waals surface area contributed by atoms with E-state index in [1.807, 2.05) is 0 Å². The molecule has 1 saturated carbocycles. The van der Waals surface area contributed by atoms with Gasteiger partial charge in [0.05, 0.1) is 24.5 Å². The van der Waals surface area contributed by atoms with Crippen LogP contribution in [0.3, 0.4) is 0 Å². The summed E-state index contributed by atoms with van der Waals surface area (Å²) in [6.07, 6.45) is -10.9. The maximum Gasteiger partial charge on any atom is 0.469 e. The quantitative estimate of drug-likeness (QED) is 0.0491. The van der Waals surface area contributed by atoms with Crippen molar-refractivity contribution in [2.45, 2.75) is 93.8 Å². The minimum absolute atomic E-state index is 0.0165. The zero-order chi connectivity index (χ0) is 35.7. The van der Waals surface area contributed by atoms with Gasteiger partial charge >= 0.3 is 7.82 Å². The first-order chi connectivity index (χ1) is 21.7. The van der Waals surface area contributed by atoms with Crippen LogP contribution >= 0.6 is 19.6 Å². The summed E-state index contributed by atoms with van der Waals surface area (Å²) in [5, 5.41) is 59.0. The van der Waals surface area contributed by atoms with Crippen LogP contribution in [-0.4, -0.2) is 158 Å². The summed E-state index contributed by atoms with van der Waals surface area (Å²) in [6, 6.07) is -2.76. The first kappa shape index (κ1) is 41.6. The average Bonchev–Trinajstić information content (AvgIpc) is 2.99. The minimum atomic E-state index is -4.79. The third kappa shape index (κ3) is 13.0. The van der Waals surface area contributed by atoms with E-state index >= 15 is 0 Å². The van der Waals surface area contributed by atoms with Crippen molar-refractivity contribution in [3.63, 3.8) is 0 Å². The maximum absolute atomic E-state index is 12.3. The molecule has 0 radical (unpaired) electrons. The molecule has 1 aliphatic carbocycles. The highest BCUT2D eigenvalue weighted by Gasteiger charge is 2.48. The summed E-state index contributed by atoms with van der Waals surface area (Å²) in [7, 11) is -4.79. The summed E-state index contributed by atoms with van der Waals surface area (Å²) in [4.78, 5) is 54.1. The molecule has 22 heteroatoms. The zero-order valence-corrected chi connectivity index (χ0v) is 27.8. The van der Waals surface area contributed by atoms with E-state index in [9.17, 15) is 44.5 Å². The Morgan fingerprint density at radius 2 is 1.62 bits per heavy atom. The second-order valence-electron chi connectivity index (χ2n) is 12.1. The number of phosphoric ester groups is 1. The van der Waals surface area contributed by atoms with Gasteiger partial charge in [-0.25, -0.2) is 4.57 Å². The van der Waals surface area contributed by atoms with Gasteiger partial charge in [0.15, 0.2) is 6.29 Å². The Morgan fingerprint density at radius 3 is 2.26 bits per heavy atom. The van der Waals surface area contributed by atoms with Crippen LogP contribution in [0.15, 0.2) is 0 Å². The number of carbonyl (C=O) groups excluding carboxylic acids is 3. The van der Waals surface area contributed by atoms with Crippen LogP contribution in [-0.2, 0) is 32.9 Å². The molecule has 1 heterocycles. The molecule has 2 aliphatic rings. The van der Waals surface area contributed by atoms with Crippen molar-refractivity contribution in [2.24, 2.45) is 22.6 Å². The largest absolute Gasteiger partial charge is 0.469 e. The maximum atomic E-state index is 12.3. The normalized spacial score (nSPS) is 32.3. The van der Waals surface area contributed by atoms with Gasteiger partial charge in [-0.15, -0.1) is 0 Å². The molecule has 1 saturated heterocycles. The molecule has 11 atom stereocenters. The van der Waals surface area contributed by atoms with Crippen molar-refractivity contribution in [1.82, 2.24) is 16.0 Å². The lowest BCUT2D eigenvalue weighted by Gasteiger charge is -2.45. The number of aliphatic hydroxyl groups is 5. The van der Waals surface area contributed by atoms with Crippen LogP contribution in [0.1, 0.15) is 26.7 Å². The van der Waals surface area contributed by atoms with Gasteiger partial charge in [-0.1, -0.05) is 13.8 Å². The lowest BCUT2D eigenvalue weighted by molar-refractivity contribution is -0.288. The van der Waals surface area contributed by atoms with Crippen LogP contribution in [0.4, 0.5) is 0 Å². The molecule has 0 aromatic heterocycles. The van der Waals surface area contributed by atoms with Crippen molar-refractivity contribution in [2.75, 3.05) is 37.7 Å². The SMILES string of the molecule is CC(C)(COP(=O)(O)O)[C@@H](O)C(=O)NCCC(=O)NCCSCC(=O)NC[C@H]1O[C@H](O[C@H]2[C@H](O)[C@@H](O)[C@H](N)C[C@@H]2N)[C@H](N)[C@@H](O)[C@@H]1O. The van der Waals surface area contributed by atoms with Crippen molar-refractivity contribution >= 4 is 37.3 Å². The fourth-order valence-electron chi connectivity index (χ4n) is 4.73. The standard InChI is InChI=1S/C25H49N6O14PS/c1-25(2,10-43-46(40,41)42)22(38)23(39)30-4-3-14(32)29-5-6-47-9-15(33)31-8-13-18(35)19(36)16(28)24(44-13)45-21-12(27)7-11(26)17(34)20(21)37/h11-13,16-22,24,34-38H,3-10,26-28H2,1-2H3,(H,29,32)(H,30,39)(H,31,33)(H2,40,41,42)/t11-,12+,13-,16-,17+,18-,19-,20-,21-,22+,24-/m1/s1. The number of rotatable bonds is 17. The van der Waals surface area contributed by atoms with Crippen LogP contribution < -0.4 is 33.2 Å². The summed E-state index contributed by atoms with van der Waals surface area (Å²) in [5.74, 6) is -1.36. The average molecular weight is 721 g/mol. The predicted octanol–water partition coefficient (Wildman–Crippen LogP) is -6.11. The number of hydrogen-bond donors (Lipinski definition) is 13. The highest BCUT2D eigenvalue weighted by molar-refractivity contribution is 7.99. The predicted molar refractivity (Wildman–Crippen MR) is 165 cm³/mol. The summed E-state index contributed by atoms with van der Waals surface area (Å²) >= 11 is 1.19. The molecule has 1 aliphatic heterocycles. The van der Waals surface area contributed by atoms with Crippen molar-refractivity contribution in [1.29, 1.82) is 0 Å². The summed E-state index contributed by atoms with van der Waals surface area (Å²) in [6.45, 7) is 2.03. The Kier molecular flexibility index (Phi) is 16.4. The molecule has 47 heavy (non-hydrogen) atoms. The van der Waals surface area contributed by atoms with Gasteiger partial charge in [0, 0.05) is 49.3 Å². The Labute approximate surface area is 275 Å². The van der Waals surface area contributed by atoms with E-state index in [1.165, 1.54) is 25.6 Å². The van der Waals surface area contributed by atoms with Gasteiger partial charge < -0.3 is 77.9 Å². The number of carbonyl (C=O) groups is 3. The van der Waals surface area contributed by atoms with Gasteiger partial charge in [0.1, 0.15) is 36.6 Å². The van der Waals surface area contributed by atoms with Gasteiger partial charge in [0.2, 0.25) is 17.7 Å². The monoisotopic (exact) mass is 720 g/mol. The second kappa shape index (κ2) is 18.5. The Balaban J connectivity index is 1.66. The fourth-order valence-corrected chi connectivity index (χ4v) is 5.91. The third-order valence-electron chi connectivity index (χ3n) is 7.68. The Morgan fingerprint density at radius 1 is 0.957 bits per heavy atom.